The van der Waals surface area contributed by atoms with Gasteiger partial charge >= 0.3 is 6.09 Å². The number of nitrogens with one attached hydrogen (secondary N) is 5. The fraction of sp³-hybridized carbons (Fsp3) is 0.486. The third-order valence-electron chi connectivity index (χ3n) is 11.0. The number of benzene rings is 2. The van der Waals surface area contributed by atoms with Crippen LogP contribution in [0.1, 0.15) is 76.4 Å². The molecular weight excluding hydrogens is 596 g/mol. The lowest BCUT2D eigenvalue weighted by Crippen LogP contribution is -2.59. The van der Waals surface area contributed by atoms with Gasteiger partial charge in [0.2, 0.25) is 11.8 Å². The summed E-state index contributed by atoms with van der Waals surface area (Å²) in [5, 5.41) is 23.7. The summed E-state index contributed by atoms with van der Waals surface area (Å²) in [6.07, 6.45) is 4.73. The highest BCUT2D eigenvalue weighted by Crippen LogP contribution is 2.66. The van der Waals surface area contributed by atoms with E-state index in [1.807, 2.05) is 60.8 Å². The molecule has 2 aromatic heterocycles. The molecule has 0 spiro atoms. The van der Waals surface area contributed by atoms with Gasteiger partial charge in [-0.15, -0.1) is 10.2 Å². The summed E-state index contributed by atoms with van der Waals surface area (Å²) in [7, 11) is 0. The predicted molar refractivity (Wildman–Crippen MR) is 176 cm³/mol. The number of H-pyrrole nitrogens is 2. The molecule has 5 N–H and O–H groups in total. The minimum atomic E-state index is -1.36. The SMILES string of the molecule is CC1(C)[C@H]2CCC1(C)[C@@H](OC(=O)N[C@@](C)(Cc1c[nH]c3ccccc13)C(=O)NC[C@H](NC(=O)CCc1nn[nH]n1)c1ccccc1)C2. The Morgan fingerprint density at radius 2 is 1.85 bits per heavy atom. The molecule has 5 atom stereocenters. The molecule has 12 nitrogen and oxygen atoms in total. The van der Waals surface area contributed by atoms with Crippen molar-refractivity contribution in [3.8, 4) is 0 Å². The van der Waals surface area contributed by atoms with E-state index in [4.69, 9.17) is 4.74 Å². The first kappa shape index (κ1) is 32.2. The number of tetrazole rings is 1. The molecule has 4 aromatic rings. The Bertz CT molecular complexity index is 1720. The molecule has 2 aromatic carbocycles. The van der Waals surface area contributed by atoms with E-state index in [1.165, 1.54) is 0 Å². The maximum Gasteiger partial charge on any atom is 0.408 e. The van der Waals surface area contributed by atoms with E-state index in [0.717, 1.165) is 41.3 Å². The number of alkyl carbamates (subject to hydrolysis) is 1. The molecule has 2 aliphatic rings. The van der Waals surface area contributed by atoms with Gasteiger partial charge in [0.05, 0.1) is 6.04 Å². The Kier molecular flexibility index (Phi) is 8.78. The number of aryl methyl sites for hydroxylation is 1. The summed E-state index contributed by atoms with van der Waals surface area (Å²) in [4.78, 5) is 44.0. The van der Waals surface area contributed by atoms with Gasteiger partial charge in [-0.25, -0.2) is 4.79 Å². The summed E-state index contributed by atoms with van der Waals surface area (Å²) >= 11 is 0. The number of carbonyl (C=O) groups excluding carboxylic acids is 3. The molecule has 2 bridgehead atoms. The number of fused-ring (bicyclic) bond motifs is 3. The normalized spacial score (nSPS) is 23.1. The standard InChI is InChI=1S/C35H44N8O4/c1-33(2)24-16-17-34(33,3)28(18-24)47-32(46)39-35(4,19-23-20-36-26-13-9-8-12-25(23)26)31(45)37-21-27(22-10-6-5-7-11-22)38-30(44)15-14-29-40-42-43-41-29/h5-13,20,24,27-28,36H,14-19,21H2,1-4H3,(H,37,45)(H,38,44)(H,39,46)(H,40,41,42,43)/t24-,27-,28-,34?,35-/m0/s1. The van der Waals surface area contributed by atoms with Gasteiger partial charge in [0.15, 0.2) is 5.82 Å². The predicted octanol–water partition coefficient (Wildman–Crippen LogP) is 4.53. The van der Waals surface area contributed by atoms with Crippen molar-refractivity contribution in [1.29, 1.82) is 0 Å². The summed E-state index contributed by atoms with van der Waals surface area (Å²) in [6, 6.07) is 16.8. The van der Waals surface area contributed by atoms with E-state index in [9.17, 15) is 14.4 Å². The van der Waals surface area contributed by atoms with Gasteiger partial charge in [-0.3, -0.25) is 9.59 Å². The van der Waals surface area contributed by atoms with Crippen molar-refractivity contribution in [2.45, 2.75) is 83.9 Å². The molecule has 1 unspecified atom stereocenters. The number of nitrogens with zero attached hydrogens (tertiary/aromatic N) is 3. The van der Waals surface area contributed by atoms with E-state index < -0.39 is 17.7 Å². The average molecular weight is 641 g/mol. The molecule has 12 heteroatoms. The molecular formula is C35H44N8O4. The first-order chi connectivity index (χ1) is 22.5. The fourth-order valence-electron chi connectivity index (χ4n) is 7.64. The topological polar surface area (TPSA) is 167 Å². The molecule has 2 aliphatic carbocycles. The van der Waals surface area contributed by atoms with Crippen molar-refractivity contribution >= 4 is 28.8 Å². The van der Waals surface area contributed by atoms with Crippen molar-refractivity contribution in [2.75, 3.05) is 6.54 Å². The Morgan fingerprint density at radius 1 is 1.09 bits per heavy atom. The Balaban J connectivity index is 1.19. The van der Waals surface area contributed by atoms with Crippen molar-refractivity contribution in [3.05, 3.63) is 77.7 Å². The van der Waals surface area contributed by atoms with Gasteiger partial charge in [-0.2, -0.15) is 5.21 Å². The van der Waals surface area contributed by atoms with Gasteiger partial charge in [-0.1, -0.05) is 74.5 Å². The highest BCUT2D eigenvalue weighted by molar-refractivity contribution is 5.91. The number of hydrogen-bond acceptors (Lipinski definition) is 7. The van der Waals surface area contributed by atoms with Crippen LogP contribution in [0.5, 0.6) is 0 Å². The van der Waals surface area contributed by atoms with Gasteiger partial charge in [0.25, 0.3) is 0 Å². The van der Waals surface area contributed by atoms with Crippen LogP contribution < -0.4 is 16.0 Å². The van der Waals surface area contributed by atoms with Gasteiger partial charge in [-0.05, 0) is 54.7 Å². The number of aromatic nitrogens is 5. The number of aromatic amines is 2. The number of rotatable bonds is 12. The third kappa shape index (κ3) is 6.45. The van der Waals surface area contributed by atoms with Crippen LogP contribution in [0, 0.1) is 16.7 Å². The molecule has 2 heterocycles. The summed E-state index contributed by atoms with van der Waals surface area (Å²) in [6.45, 7) is 8.59. The number of hydrogen-bond donors (Lipinski definition) is 5. The number of para-hydroxylation sites is 1. The first-order valence-electron chi connectivity index (χ1n) is 16.4. The molecule has 0 saturated heterocycles. The van der Waals surface area contributed by atoms with E-state index >= 15 is 0 Å². The first-order valence-corrected chi connectivity index (χ1v) is 16.4. The number of amides is 3. The van der Waals surface area contributed by atoms with Crippen molar-refractivity contribution in [2.24, 2.45) is 16.7 Å². The average Bonchev–Trinajstić information content (AvgIpc) is 3.81. The van der Waals surface area contributed by atoms with Gasteiger partial charge in [0.1, 0.15) is 11.6 Å². The van der Waals surface area contributed by atoms with E-state index in [-0.39, 0.29) is 48.1 Å². The molecule has 3 amide bonds. The lowest BCUT2D eigenvalue weighted by atomic mass is 9.70. The fourth-order valence-corrected chi connectivity index (χ4v) is 7.64. The smallest absolute Gasteiger partial charge is 0.408 e. The highest BCUT2D eigenvalue weighted by Gasteiger charge is 2.63. The minimum absolute atomic E-state index is 0.0745. The molecule has 0 aliphatic heterocycles. The minimum Gasteiger partial charge on any atom is -0.446 e. The molecule has 2 fully saturated rings. The van der Waals surface area contributed by atoms with Gasteiger partial charge in [0, 0.05) is 48.3 Å². The maximum absolute atomic E-state index is 14.2. The molecule has 2 saturated carbocycles. The van der Waals surface area contributed by atoms with Crippen LogP contribution in [0.15, 0.2) is 60.8 Å². The lowest BCUT2D eigenvalue weighted by molar-refractivity contribution is -0.128. The van der Waals surface area contributed by atoms with E-state index in [0.29, 0.717) is 18.2 Å². The summed E-state index contributed by atoms with van der Waals surface area (Å²) in [5.41, 5.74) is 1.26. The zero-order valence-electron chi connectivity index (χ0n) is 27.4. The zero-order valence-corrected chi connectivity index (χ0v) is 27.4. The monoisotopic (exact) mass is 640 g/mol. The summed E-state index contributed by atoms with van der Waals surface area (Å²) < 4.78 is 6.13. The Morgan fingerprint density at radius 3 is 2.55 bits per heavy atom. The summed E-state index contributed by atoms with van der Waals surface area (Å²) in [5.74, 6) is 0.340. The van der Waals surface area contributed by atoms with Crippen molar-refractivity contribution in [1.82, 2.24) is 41.6 Å². The van der Waals surface area contributed by atoms with Gasteiger partial charge < -0.3 is 25.7 Å². The van der Waals surface area contributed by atoms with Crippen LogP contribution in [-0.4, -0.2) is 61.7 Å². The number of ether oxygens (including phenoxy) is 1. The van der Waals surface area contributed by atoms with E-state index in [1.54, 1.807) is 6.92 Å². The molecule has 0 radical (unpaired) electrons. The van der Waals surface area contributed by atoms with Crippen molar-refractivity contribution < 1.29 is 19.1 Å². The largest absolute Gasteiger partial charge is 0.446 e. The van der Waals surface area contributed by atoms with Crippen LogP contribution in [-0.2, 0) is 27.2 Å². The molecule has 6 rings (SSSR count). The molecule has 47 heavy (non-hydrogen) atoms. The third-order valence-corrected chi connectivity index (χ3v) is 11.0. The zero-order chi connectivity index (χ0) is 33.2. The van der Waals surface area contributed by atoms with Crippen LogP contribution in [0.2, 0.25) is 0 Å². The van der Waals surface area contributed by atoms with E-state index in [2.05, 4.69) is 62.3 Å². The second-order valence-electron chi connectivity index (χ2n) is 14.1. The van der Waals surface area contributed by atoms with Crippen LogP contribution >= 0.6 is 0 Å². The number of carbonyl (C=O) groups is 3. The quantitative estimate of drug-likeness (QED) is 0.152. The second-order valence-corrected chi connectivity index (χ2v) is 14.1. The van der Waals surface area contributed by atoms with Crippen LogP contribution in [0.4, 0.5) is 4.79 Å². The van der Waals surface area contributed by atoms with Crippen LogP contribution in [0.25, 0.3) is 10.9 Å². The maximum atomic E-state index is 14.2. The lowest BCUT2D eigenvalue weighted by Gasteiger charge is -2.39. The molecule has 248 valence electrons. The second kappa shape index (κ2) is 12.8. The van der Waals surface area contributed by atoms with Crippen molar-refractivity contribution in [3.63, 3.8) is 0 Å². The highest BCUT2D eigenvalue weighted by atomic mass is 16.6. The Hall–Kier alpha value is -4.74. The van der Waals surface area contributed by atoms with Crippen LogP contribution in [0.3, 0.4) is 0 Å². The Labute approximate surface area is 274 Å².